The maximum Gasteiger partial charge on any atom is 0.229 e. The van der Waals surface area contributed by atoms with E-state index in [-0.39, 0.29) is 12.4 Å². The molecular formula is C18H30ClN7. The van der Waals surface area contributed by atoms with Gasteiger partial charge in [0.25, 0.3) is 0 Å². The molecule has 144 valence electrons. The van der Waals surface area contributed by atoms with Crippen LogP contribution in [0, 0.1) is 0 Å². The van der Waals surface area contributed by atoms with Gasteiger partial charge in [0.2, 0.25) is 5.95 Å². The molecule has 0 atom stereocenters. The molecule has 7 nitrogen and oxygen atoms in total. The number of halogens is 1. The molecule has 2 saturated heterocycles. The summed E-state index contributed by atoms with van der Waals surface area (Å²) in [6.07, 6.45) is 8.41. The van der Waals surface area contributed by atoms with E-state index in [0.717, 1.165) is 48.5 Å². The van der Waals surface area contributed by atoms with E-state index in [1.165, 1.54) is 45.2 Å². The summed E-state index contributed by atoms with van der Waals surface area (Å²) in [7, 11) is 1.94. The second-order valence-corrected chi connectivity index (χ2v) is 7.22. The van der Waals surface area contributed by atoms with Crippen LogP contribution < -0.4 is 10.2 Å². The van der Waals surface area contributed by atoms with E-state index in [2.05, 4.69) is 27.1 Å². The van der Waals surface area contributed by atoms with E-state index < -0.39 is 0 Å². The second kappa shape index (κ2) is 8.39. The highest BCUT2D eigenvalue weighted by Gasteiger charge is 2.27. The fourth-order valence-corrected chi connectivity index (χ4v) is 4.17. The van der Waals surface area contributed by atoms with Gasteiger partial charge in [0, 0.05) is 32.7 Å². The number of aryl methyl sites for hydroxylation is 1. The molecule has 0 spiro atoms. The lowest BCUT2D eigenvalue weighted by atomic mass is 10.0. The van der Waals surface area contributed by atoms with Crippen LogP contribution in [0.1, 0.15) is 39.0 Å². The van der Waals surface area contributed by atoms with E-state index >= 15 is 0 Å². The number of fused-ring (bicyclic) bond motifs is 1. The van der Waals surface area contributed by atoms with Crippen molar-refractivity contribution in [2.45, 2.75) is 45.1 Å². The van der Waals surface area contributed by atoms with E-state index in [1.54, 1.807) is 0 Å². The summed E-state index contributed by atoms with van der Waals surface area (Å²) in [5, 5.41) is 8.71. The first-order chi connectivity index (χ1) is 12.3. The number of hydrogen-bond acceptors (Lipinski definition) is 6. The third-order valence-corrected chi connectivity index (χ3v) is 5.58. The van der Waals surface area contributed by atoms with Crippen LogP contribution in [0.2, 0.25) is 0 Å². The van der Waals surface area contributed by atoms with Crippen LogP contribution in [0.3, 0.4) is 0 Å². The Morgan fingerprint density at radius 3 is 2.50 bits per heavy atom. The van der Waals surface area contributed by atoms with Crippen molar-refractivity contribution in [3.8, 4) is 0 Å². The predicted octanol–water partition coefficient (Wildman–Crippen LogP) is 2.67. The van der Waals surface area contributed by atoms with E-state index in [0.29, 0.717) is 0 Å². The van der Waals surface area contributed by atoms with Gasteiger partial charge < -0.3 is 15.1 Å². The van der Waals surface area contributed by atoms with Gasteiger partial charge in [0.1, 0.15) is 5.82 Å². The minimum atomic E-state index is 0. The minimum absolute atomic E-state index is 0. The summed E-state index contributed by atoms with van der Waals surface area (Å²) >= 11 is 0. The number of nitrogens with zero attached hydrogens (tertiary/aromatic N) is 6. The molecule has 0 amide bonds. The normalized spacial score (nSPS) is 19.5. The number of anilines is 2. The first kappa shape index (κ1) is 19.2. The molecule has 0 bridgehead atoms. The molecule has 0 radical (unpaired) electrons. The van der Waals surface area contributed by atoms with Gasteiger partial charge in [-0.05, 0) is 45.7 Å². The van der Waals surface area contributed by atoms with Gasteiger partial charge in [-0.3, -0.25) is 4.68 Å². The van der Waals surface area contributed by atoms with Gasteiger partial charge >= 0.3 is 0 Å². The third-order valence-electron chi connectivity index (χ3n) is 5.58. The fraction of sp³-hybridized carbons (Fsp3) is 0.722. The SMILES string of the molecule is CCNc1nc(N2CCC(N3CCCCC3)CC2)nc2c1cnn2C.Cl. The molecule has 0 unspecified atom stereocenters. The van der Waals surface area contributed by atoms with Crippen LogP contribution in [0.25, 0.3) is 11.0 Å². The number of aromatic nitrogens is 4. The summed E-state index contributed by atoms with van der Waals surface area (Å²) in [5.74, 6) is 1.73. The van der Waals surface area contributed by atoms with Gasteiger partial charge in [-0.15, -0.1) is 12.4 Å². The summed E-state index contributed by atoms with van der Waals surface area (Å²) in [5.41, 5.74) is 0.902. The summed E-state index contributed by atoms with van der Waals surface area (Å²) in [4.78, 5) is 14.6. The standard InChI is InChI=1S/C18H29N7.ClH/c1-3-19-16-15-13-20-23(2)17(15)22-18(21-16)25-11-7-14(8-12-25)24-9-5-4-6-10-24;/h13-14H,3-12H2,1-2H3,(H,19,21,22);1H. The zero-order valence-corrected chi connectivity index (χ0v) is 16.6. The molecule has 0 saturated carbocycles. The quantitative estimate of drug-likeness (QED) is 0.881. The topological polar surface area (TPSA) is 62.1 Å². The molecule has 0 aromatic carbocycles. The van der Waals surface area contributed by atoms with Crippen molar-refractivity contribution >= 4 is 35.2 Å². The van der Waals surface area contributed by atoms with Crippen molar-refractivity contribution in [2.24, 2.45) is 7.05 Å². The van der Waals surface area contributed by atoms with Crippen LogP contribution in [-0.2, 0) is 7.05 Å². The van der Waals surface area contributed by atoms with Gasteiger partial charge in [-0.1, -0.05) is 6.42 Å². The molecule has 2 aliphatic rings. The predicted molar refractivity (Wildman–Crippen MR) is 108 cm³/mol. The Hall–Kier alpha value is -1.60. The van der Waals surface area contributed by atoms with Crippen LogP contribution in [-0.4, -0.2) is 63.4 Å². The van der Waals surface area contributed by atoms with Crippen molar-refractivity contribution in [3.63, 3.8) is 0 Å². The maximum atomic E-state index is 4.80. The molecule has 2 aromatic heterocycles. The summed E-state index contributed by atoms with van der Waals surface area (Å²) < 4.78 is 1.84. The molecule has 26 heavy (non-hydrogen) atoms. The maximum absolute atomic E-state index is 4.80. The number of nitrogens with one attached hydrogen (secondary N) is 1. The van der Waals surface area contributed by atoms with Gasteiger partial charge in [-0.2, -0.15) is 15.1 Å². The Morgan fingerprint density at radius 2 is 1.81 bits per heavy atom. The number of piperidine rings is 2. The van der Waals surface area contributed by atoms with E-state index in [1.807, 2.05) is 17.9 Å². The number of rotatable bonds is 4. The van der Waals surface area contributed by atoms with Crippen molar-refractivity contribution in [1.29, 1.82) is 0 Å². The van der Waals surface area contributed by atoms with Gasteiger partial charge in [0.05, 0.1) is 11.6 Å². The lowest BCUT2D eigenvalue weighted by Gasteiger charge is -2.40. The van der Waals surface area contributed by atoms with Crippen molar-refractivity contribution in [2.75, 3.05) is 42.9 Å². The zero-order chi connectivity index (χ0) is 17.2. The fourth-order valence-electron chi connectivity index (χ4n) is 4.17. The number of likely N-dealkylation sites (tertiary alicyclic amines) is 1. The van der Waals surface area contributed by atoms with Gasteiger partial charge in [0.15, 0.2) is 5.65 Å². The smallest absolute Gasteiger partial charge is 0.229 e. The highest BCUT2D eigenvalue weighted by molar-refractivity contribution is 5.87. The zero-order valence-electron chi connectivity index (χ0n) is 15.8. The second-order valence-electron chi connectivity index (χ2n) is 7.22. The van der Waals surface area contributed by atoms with Crippen molar-refractivity contribution in [3.05, 3.63) is 6.20 Å². The van der Waals surface area contributed by atoms with Crippen molar-refractivity contribution < 1.29 is 0 Å². The number of hydrogen-bond donors (Lipinski definition) is 1. The summed E-state index contributed by atoms with van der Waals surface area (Å²) in [6.45, 7) is 7.58. The molecule has 2 fully saturated rings. The lowest BCUT2D eigenvalue weighted by Crippen LogP contribution is -2.47. The van der Waals surface area contributed by atoms with Crippen LogP contribution in [0.15, 0.2) is 6.20 Å². The molecule has 8 heteroatoms. The first-order valence-corrected chi connectivity index (χ1v) is 9.69. The average Bonchev–Trinajstić information content (AvgIpc) is 3.04. The molecule has 1 N–H and O–H groups in total. The monoisotopic (exact) mass is 379 g/mol. The molecule has 2 aliphatic heterocycles. The first-order valence-electron chi connectivity index (χ1n) is 9.69. The van der Waals surface area contributed by atoms with Crippen LogP contribution in [0.4, 0.5) is 11.8 Å². The molecule has 0 aliphatic carbocycles. The molecular weight excluding hydrogens is 350 g/mol. The van der Waals surface area contributed by atoms with E-state index in [9.17, 15) is 0 Å². The molecule has 4 heterocycles. The Bertz CT molecular complexity index is 718. The van der Waals surface area contributed by atoms with Crippen molar-refractivity contribution in [1.82, 2.24) is 24.6 Å². The van der Waals surface area contributed by atoms with E-state index in [4.69, 9.17) is 9.97 Å². The largest absolute Gasteiger partial charge is 0.370 e. The Morgan fingerprint density at radius 1 is 1.08 bits per heavy atom. The highest BCUT2D eigenvalue weighted by atomic mass is 35.5. The molecule has 4 rings (SSSR count). The lowest BCUT2D eigenvalue weighted by molar-refractivity contribution is 0.141. The Balaban J connectivity index is 0.00000196. The summed E-state index contributed by atoms with van der Waals surface area (Å²) in [6, 6.07) is 0.741. The van der Waals surface area contributed by atoms with Gasteiger partial charge in [-0.25, -0.2) is 0 Å². The Kier molecular flexibility index (Phi) is 6.19. The third kappa shape index (κ3) is 3.74. The van der Waals surface area contributed by atoms with Crippen LogP contribution in [0.5, 0.6) is 0 Å². The molecule has 2 aromatic rings. The average molecular weight is 380 g/mol. The minimum Gasteiger partial charge on any atom is -0.370 e. The Labute approximate surface area is 161 Å². The van der Waals surface area contributed by atoms with Crippen LogP contribution >= 0.6 is 12.4 Å². The highest BCUT2D eigenvalue weighted by Crippen LogP contribution is 2.26.